The fraction of sp³-hybridized carbons (Fsp3) is 0.143. The molecule has 0 aliphatic rings. The second-order valence-corrected chi connectivity index (χ2v) is 2.31. The molecule has 2 heterocycles. The van der Waals surface area contributed by atoms with Crippen LogP contribution in [0.25, 0.3) is 11.5 Å². The van der Waals surface area contributed by atoms with Gasteiger partial charge in [0.15, 0.2) is 0 Å². The van der Waals surface area contributed by atoms with E-state index < -0.39 is 0 Å². The molecule has 2 aromatic rings. The Morgan fingerprint density at radius 3 is 2.92 bits per heavy atom. The van der Waals surface area contributed by atoms with Crippen LogP contribution in [0.5, 0.6) is 0 Å². The summed E-state index contributed by atoms with van der Waals surface area (Å²) in [5.41, 5.74) is 5.88. The van der Waals surface area contributed by atoms with Gasteiger partial charge in [-0.2, -0.15) is 4.98 Å². The SMILES string of the molecule is NCc1nc(-c2cnccn2)no1. The molecule has 0 aliphatic carbocycles. The van der Waals surface area contributed by atoms with E-state index in [0.29, 0.717) is 17.4 Å². The Bertz CT molecular complexity index is 385. The Kier molecular flexibility index (Phi) is 1.97. The smallest absolute Gasteiger partial charge is 0.240 e. The van der Waals surface area contributed by atoms with Crippen molar-refractivity contribution in [3.8, 4) is 11.5 Å². The van der Waals surface area contributed by atoms with Crippen LogP contribution >= 0.6 is 0 Å². The lowest BCUT2D eigenvalue weighted by Gasteiger charge is -1.88. The van der Waals surface area contributed by atoms with Gasteiger partial charge < -0.3 is 10.3 Å². The highest BCUT2D eigenvalue weighted by Crippen LogP contribution is 2.09. The van der Waals surface area contributed by atoms with Crippen molar-refractivity contribution in [3.05, 3.63) is 24.5 Å². The van der Waals surface area contributed by atoms with Gasteiger partial charge in [0.05, 0.1) is 12.7 Å². The van der Waals surface area contributed by atoms with Crippen LogP contribution < -0.4 is 5.73 Å². The molecule has 0 bridgehead atoms. The van der Waals surface area contributed by atoms with Crippen LogP contribution in [0.4, 0.5) is 0 Å². The molecular weight excluding hydrogens is 170 g/mol. The summed E-state index contributed by atoms with van der Waals surface area (Å²) >= 11 is 0. The van der Waals surface area contributed by atoms with Crippen molar-refractivity contribution in [1.82, 2.24) is 20.1 Å². The molecule has 13 heavy (non-hydrogen) atoms. The molecule has 0 unspecified atom stereocenters. The Morgan fingerprint density at radius 1 is 1.38 bits per heavy atom. The summed E-state index contributed by atoms with van der Waals surface area (Å²) in [6.45, 7) is 0.229. The topological polar surface area (TPSA) is 90.7 Å². The normalized spacial score (nSPS) is 10.2. The molecule has 0 aromatic carbocycles. The summed E-state index contributed by atoms with van der Waals surface area (Å²) in [6, 6.07) is 0. The second kappa shape index (κ2) is 3.28. The van der Waals surface area contributed by atoms with Crippen molar-refractivity contribution in [2.45, 2.75) is 6.54 Å². The predicted octanol–water partition coefficient (Wildman–Crippen LogP) is -0.0147. The van der Waals surface area contributed by atoms with Gasteiger partial charge in [0, 0.05) is 12.4 Å². The minimum Gasteiger partial charge on any atom is -0.338 e. The third-order valence-electron chi connectivity index (χ3n) is 1.43. The van der Waals surface area contributed by atoms with E-state index in [-0.39, 0.29) is 6.54 Å². The minimum absolute atomic E-state index is 0.229. The molecule has 2 aromatic heterocycles. The van der Waals surface area contributed by atoms with Gasteiger partial charge in [-0.3, -0.25) is 4.98 Å². The number of aromatic nitrogens is 4. The van der Waals surface area contributed by atoms with Crippen molar-refractivity contribution < 1.29 is 4.52 Å². The molecule has 66 valence electrons. The van der Waals surface area contributed by atoms with Crippen molar-refractivity contribution >= 4 is 0 Å². The average molecular weight is 177 g/mol. The summed E-state index contributed by atoms with van der Waals surface area (Å²) in [4.78, 5) is 11.9. The molecule has 2 N–H and O–H groups in total. The highest BCUT2D eigenvalue weighted by Gasteiger charge is 2.07. The van der Waals surface area contributed by atoms with E-state index in [2.05, 4.69) is 20.1 Å². The maximum absolute atomic E-state index is 5.31. The molecule has 0 amide bonds. The largest absolute Gasteiger partial charge is 0.338 e. The molecule has 6 nitrogen and oxygen atoms in total. The summed E-state index contributed by atoms with van der Waals surface area (Å²) in [5.74, 6) is 0.800. The van der Waals surface area contributed by atoms with E-state index in [4.69, 9.17) is 10.3 Å². The zero-order valence-corrected chi connectivity index (χ0v) is 6.71. The van der Waals surface area contributed by atoms with Crippen LogP contribution in [0.3, 0.4) is 0 Å². The third-order valence-corrected chi connectivity index (χ3v) is 1.43. The summed E-state index contributed by atoms with van der Waals surface area (Å²) in [5, 5.41) is 3.69. The molecule has 2 rings (SSSR count). The zero-order chi connectivity index (χ0) is 9.10. The number of hydrogen-bond donors (Lipinski definition) is 1. The van der Waals surface area contributed by atoms with Crippen molar-refractivity contribution in [1.29, 1.82) is 0 Å². The third kappa shape index (κ3) is 1.52. The van der Waals surface area contributed by atoms with Crippen LogP contribution in [0.1, 0.15) is 5.89 Å². The average Bonchev–Trinajstić information content (AvgIpc) is 2.67. The standard InChI is InChI=1S/C7H7N5O/c8-3-6-11-7(12-13-6)5-4-9-1-2-10-5/h1-2,4H,3,8H2. The highest BCUT2D eigenvalue weighted by molar-refractivity contribution is 5.45. The zero-order valence-electron chi connectivity index (χ0n) is 6.71. The Morgan fingerprint density at radius 2 is 2.31 bits per heavy atom. The predicted molar refractivity (Wildman–Crippen MR) is 43.2 cm³/mol. The Labute approximate surface area is 73.8 Å². The number of rotatable bonds is 2. The lowest BCUT2D eigenvalue weighted by Crippen LogP contribution is -1.95. The molecule has 0 atom stereocenters. The van der Waals surface area contributed by atoms with Gasteiger partial charge in [-0.05, 0) is 0 Å². The molecule has 0 radical (unpaired) electrons. The van der Waals surface area contributed by atoms with Gasteiger partial charge in [-0.25, -0.2) is 4.98 Å². The highest BCUT2D eigenvalue weighted by atomic mass is 16.5. The van der Waals surface area contributed by atoms with E-state index in [9.17, 15) is 0 Å². The minimum atomic E-state index is 0.229. The van der Waals surface area contributed by atoms with Gasteiger partial charge in [0.25, 0.3) is 0 Å². The van der Waals surface area contributed by atoms with Crippen LogP contribution in [0.2, 0.25) is 0 Å². The summed E-state index contributed by atoms with van der Waals surface area (Å²) in [6.07, 6.45) is 4.70. The molecule has 0 aliphatic heterocycles. The molecule has 0 spiro atoms. The van der Waals surface area contributed by atoms with Crippen LogP contribution in [-0.2, 0) is 6.54 Å². The van der Waals surface area contributed by atoms with E-state index >= 15 is 0 Å². The molecule has 0 saturated heterocycles. The monoisotopic (exact) mass is 177 g/mol. The first kappa shape index (κ1) is 7.81. The number of hydrogen-bond acceptors (Lipinski definition) is 6. The Hall–Kier alpha value is -1.82. The molecule has 6 heteroatoms. The summed E-state index contributed by atoms with van der Waals surface area (Å²) < 4.78 is 4.81. The van der Waals surface area contributed by atoms with Gasteiger partial charge in [0.1, 0.15) is 5.69 Å². The fourth-order valence-electron chi connectivity index (χ4n) is 0.856. The van der Waals surface area contributed by atoms with E-state index in [1.54, 1.807) is 18.6 Å². The lowest BCUT2D eigenvalue weighted by atomic mass is 10.4. The molecule has 0 fully saturated rings. The number of nitrogens with two attached hydrogens (primary N) is 1. The van der Waals surface area contributed by atoms with Crippen molar-refractivity contribution in [2.24, 2.45) is 5.73 Å². The van der Waals surface area contributed by atoms with E-state index in [0.717, 1.165) is 0 Å². The van der Waals surface area contributed by atoms with E-state index in [1.807, 2.05) is 0 Å². The van der Waals surface area contributed by atoms with E-state index in [1.165, 1.54) is 0 Å². The fourth-order valence-corrected chi connectivity index (χ4v) is 0.856. The van der Waals surface area contributed by atoms with Crippen LogP contribution in [-0.4, -0.2) is 20.1 Å². The lowest BCUT2D eigenvalue weighted by molar-refractivity contribution is 0.380. The molecular formula is C7H7N5O. The maximum Gasteiger partial charge on any atom is 0.240 e. The summed E-state index contributed by atoms with van der Waals surface area (Å²) in [7, 11) is 0. The quantitative estimate of drug-likeness (QED) is 0.693. The van der Waals surface area contributed by atoms with Gasteiger partial charge in [-0.15, -0.1) is 0 Å². The van der Waals surface area contributed by atoms with Crippen molar-refractivity contribution in [3.63, 3.8) is 0 Å². The second-order valence-electron chi connectivity index (χ2n) is 2.31. The van der Waals surface area contributed by atoms with Gasteiger partial charge in [-0.1, -0.05) is 5.16 Å². The Balaban J connectivity index is 2.36. The first-order valence-corrected chi connectivity index (χ1v) is 3.69. The van der Waals surface area contributed by atoms with Gasteiger partial charge >= 0.3 is 0 Å². The van der Waals surface area contributed by atoms with Crippen molar-refractivity contribution in [2.75, 3.05) is 0 Å². The first-order chi connectivity index (χ1) is 6.40. The number of nitrogens with zero attached hydrogens (tertiary/aromatic N) is 4. The van der Waals surface area contributed by atoms with Gasteiger partial charge in [0.2, 0.25) is 11.7 Å². The molecule has 0 saturated carbocycles. The van der Waals surface area contributed by atoms with Crippen LogP contribution in [0.15, 0.2) is 23.1 Å². The van der Waals surface area contributed by atoms with Crippen LogP contribution in [0, 0.1) is 0 Å². The first-order valence-electron chi connectivity index (χ1n) is 3.69. The maximum atomic E-state index is 5.31.